The van der Waals surface area contributed by atoms with Crippen LogP contribution < -0.4 is 0 Å². The number of carbonyl (C=O) groups is 1. The lowest BCUT2D eigenvalue weighted by molar-refractivity contribution is -0.110. The van der Waals surface area contributed by atoms with Gasteiger partial charge in [0.2, 0.25) is 0 Å². The van der Waals surface area contributed by atoms with E-state index in [4.69, 9.17) is 14.2 Å². The molecule has 0 spiro atoms. The van der Waals surface area contributed by atoms with Crippen LogP contribution in [0.15, 0.2) is 22.8 Å². The number of benzene rings is 1. The molecule has 1 aromatic carbocycles. The van der Waals surface area contributed by atoms with Crippen LogP contribution >= 0.6 is 15.9 Å². The Labute approximate surface area is 162 Å². The number of methoxy groups -OCH3 is 3. The first-order valence-electron chi connectivity index (χ1n) is 9.06. The Morgan fingerprint density at radius 3 is 2.50 bits per heavy atom. The van der Waals surface area contributed by atoms with Crippen LogP contribution in [0.1, 0.15) is 53.9 Å². The third kappa shape index (κ3) is 3.68. The van der Waals surface area contributed by atoms with Crippen LogP contribution in [0.25, 0.3) is 10.9 Å². The van der Waals surface area contributed by atoms with Crippen molar-refractivity contribution >= 4 is 32.8 Å². The van der Waals surface area contributed by atoms with Crippen molar-refractivity contribution in [3.8, 4) is 0 Å². The van der Waals surface area contributed by atoms with Gasteiger partial charge >= 0.3 is 5.97 Å². The summed E-state index contributed by atoms with van der Waals surface area (Å²) < 4.78 is 18.9. The van der Waals surface area contributed by atoms with Crippen LogP contribution in [0.4, 0.5) is 0 Å². The molecule has 0 bridgehead atoms. The molecule has 1 fully saturated rings. The number of carbonyl (C=O) groups excluding carboxylic acids is 1. The summed E-state index contributed by atoms with van der Waals surface area (Å²) >= 11 is 3.83. The molecule has 26 heavy (non-hydrogen) atoms. The predicted molar refractivity (Wildman–Crippen MR) is 105 cm³/mol. The van der Waals surface area contributed by atoms with Crippen LogP contribution in [-0.2, 0) is 20.8 Å². The summed E-state index contributed by atoms with van der Waals surface area (Å²) in [6.07, 6.45) is 5.89. The van der Waals surface area contributed by atoms with E-state index in [0.29, 0.717) is 18.0 Å². The van der Waals surface area contributed by atoms with Crippen LogP contribution in [-0.4, -0.2) is 38.2 Å². The molecule has 0 amide bonds. The topological polar surface area (TPSA) is 49.7 Å². The van der Waals surface area contributed by atoms with Gasteiger partial charge < -0.3 is 18.8 Å². The van der Waals surface area contributed by atoms with E-state index in [1.54, 1.807) is 14.2 Å². The number of rotatable bonds is 6. The Morgan fingerprint density at radius 2 is 1.88 bits per heavy atom. The van der Waals surface area contributed by atoms with Gasteiger partial charge in [0.15, 0.2) is 6.29 Å². The molecule has 6 heteroatoms. The normalized spacial score (nSPS) is 15.7. The van der Waals surface area contributed by atoms with E-state index in [1.807, 2.05) is 18.2 Å². The second-order valence-electron chi connectivity index (χ2n) is 6.77. The van der Waals surface area contributed by atoms with Gasteiger partial charge in [-0.3, -0.25) is 0 Å². The van der Waals surface area contributed by atoms with Crippen molar-refractivity contribution in [3.05, 3.63) is 33.9 Å². The molecule has 1 aromatic heterocycles. The molecule has 0 unspecified atom stereocenters. The largest absolute Gasteiger partial charge is 0.465 e. The van der Waals surface area contributed by atoms with Crippen LogP contribution in [0, 0.1) is 0 Å². The van der Waals surface area contributed by atoms with Crippen LogP contribution in [0.5, 0.6) is 0 Å². The first kappa shape index (κ1) is 19.4. The van der Waals surface area contributed by atoms with E-state index in [0.717, 1.165) is 10.1 Å². The molecular weight excluding hydrogens is 398 g/mol. The van der Waals surface area contributed by atoms with Gasteiger partial charge in [0, 0.05) is 19.6 Å². The second-order valence-corrected chi connectivity index (χ2v) is 7.53. The summed E-state index contributed by atoms with van der Waals surface area (Å²) in [4.78, 5) is 12.0. The molecule has 0 radical (unpaired) electrons. The fourth-order valence-electron chi connectivity index (χ4n) is 3.94. The molecule has 2 aromatic rings. The average molecular weight is 424 g/mol. The highest BCUT2D eigenvalue weighted by atomic mass is 79.9. The average Bonchev–Trinajstić information content (AvgIpc) is 2.96. The van der Waals surface area contributed by atoms with E-state index >= 15 is 0 Å². The van der Waals surface area contributed by atoms with Gasteiger partial charge in [-0.15, -0.1) is 0 Å². The van der Waals surface area contributed by atoms with E-state index in [2.05, 4.69) is 20.5 Å². The first-order valence-corrected chi connectivity index (χ1v) is 9.85. The Balaban J connectivity index is 2.14. The number of aromatic nitrogens is 1. The molecule has 0 atom stereocenters. The third-order valence-electron chi connectivity index (χ3n) is 5.33. The Bertz CT molecular complexity index is 776. The minimum atomic E-state index is -0.358. The lowest BCUT2D eigenvalue weighted by Gasteiger charge is -2.22. The first-order chi connectivity index (χ1) is 12.6. The standard InChI is InChI=1S/C20H26BrNO4/c1-24-17(25-2)12-22-16-11-14(20(23)26-3)9-10-15(16)18(19(22)21)13-7-5-4-6-8-13/h9-11,13,17H,4-8,12H2,1-3H3. The number of hydrogen-bond donors (Lipinski definition) is 0. The minimum absolute atomic E-state index is 0.329. The molecule has 3 rings (SSSR count). The van der Waals surface area contributed by atoms with E-state index in [1.165, 1.54) is 50.2 Å². The Morgan fingerprint density at radius 1 is 1.19 bits per heavy atom. The minimum Gasteiger partial charge on any atom is -0.465 e. The molecule has 1 aliphatic rings. The summed E-state index contributed by atoms with van der Waals surface area (Å²) in [6.45, 7) is 0.543. The van der Waals surface area contributed by atoms with E-state index in [9.17, 15) is 4.79 Å². The van der Waals surface area contributed by atoms with Crippen LogP contribution in [0.2, 0.25) is 0 Å². The monoisotopic (exact) mass is 423 g/mol. The van der Waals surface area contributed by atoms with Gasteiger partial charge in [-0.1, -0.05) is 25.3 Å². The maximum Gasteiger partial charge on any atom is 0.337 e. The third-order valence-corrected chi connectivity index (χ3v) is 6.19. The Hall–Kier alpha value is -1.37. The zero-order valence-corrected chi connectivity index (χ0v) is 17.2. The second kappa shape index (κ2) is 8.55. The number of ether oxygens (including phenoxy) is 3. The van der Waals surface area contributed by atoms with Crippen LogP contribution in [0.3, 0.4) is 0 Å². The fourth-order valence-corrected chi connectivity index (χ4v) is 4.82. The van der Waals surface area contributed by atoms with E-state index in [-0.39, 0.29) is 12.3 Å². The highest BCUT2D eigenvalue weighted by Crippen LogP contribution is 2.42. The molecule has 142 valence electrons. The van der Waals surface area contributed by atoms with Crippen molar-refractivity contribution in [1.82, 2.24) is 4.57 Å². The number of nitrogens with zero attached hydrogens (tertiary/aromatic N) is 1. The molecular formula is C20H26BrNO4. The SMILES string of the molecule is COC(=O)c1ccc2c(C3CCCCC3)c(Br)n(CC(OC)OC)c2c1. The highest BCUT2D eigenvalue weighted by molar-refractivity contribution is 9.10. The molecule has 1 heterocycles. The summed E-state index contributed by atoms with van der Waals surface area (Å²) in [6, 6.07) is 5.80. The maximum atomic E-state index is 12.0. The summed E-state index contributed by atoms with van der Waals surface area (Å²) in [7, 11) is 4.67. The summed E-state index contributed by atoms with van der Waals surface area (Å²) in [5.74, 6) is 0.208. The van der Waals surface area contributed by atoms with Gasteiger partial charge in [-0.05, 0) is 52.4 Å². The lowest BCUT2D eigenvalue weighted by atomic mass is 9.84. The highest BCUT2D eigenvalue weighted by Gasteiger charge is 2.26. The molecule has 0 saturated heterocycles. The van der Waals surface area contributed by atoms with Gasteiger partial charge in [0.1, 0.15) is 0 Å². The van der Waals surface area contributed by atoms with Crippen molar-refractivity contribution in [1.29, 1.82) is 0 Å². The van der Waals surface area contributed by atoms with Gasteiger partial charge in [0.25, 0.3) is 0 Å². The zero-order chi connectivity index (χ0) is 18.7. The molecule has 0 aliphatic heterocycles. The van der Waals surface area contributed by atoms with Crippen molar-refractivity contribution in [2.45, 2.75) is 50.9 Å². The lowest BCUT2D eigenvalue weighted by Crippen LogP contribution is -2.20. The predicted octanol–water partition coefficient (Wildman–Crippen LogP) is 4.86. The smallest absolute Gasteiger partial charge is 0.337 e. The summed E-state index contributed by atoms with van der Waals surface area (Å²) in [5, 5.41) is 1.18. The van der Waals surface area contributed by atoms with Gasteiger partial charge in [-0.2, -0.15) is 0 Å². The molecule has 1 saturated carbocycles. The number of esters is 1. The maximum absolute atomic E-state index is 12.0. The van der Waals surface area contributed by atoms with Crippen molar-refractivity contribution in [2.24, 2.45) is 0 Å². The number of halogens is 1. The van der Waals surface area contributed by atoms with Gasteiger partial charge in [0.05, 0.1) is 29.3 Å². The summed E-state index contributed by atoms with van der Waals surface area (Å²) in [5.41, 5.74) is 2.88. The Kier molecular flexibility index (Phi) is 6.37. The molecule has 5 nitrogen and oxygen atoms in total. The number of fused-ring (bicyclic) bond motifs is 1. The van der Waals surface area contributed by atoms with Crippen molar-refractivity contribution < 1.29 is 19.0 Å². The van der Waals surface area contributed by atoms with Gasteiger partial charge in [-0.25, -0.2) is 4.79 Å². The van der Waals surface area contributed by atoms with Crippen molar-refractivity contribution in [2.75, 3.05) is 21.3 Å². The quantitative estimate of drug-likeness (QED) is 0.491. The molecule has 1 aliphatic carbocycles. The molecule has 0 N–H and O–H groups in total. The zero-order valence-electron chi connectivity index (χ0n) is 15.6. The van der Waals surface area contributed by atoms with Crippen molar-refractivity contribution in [3.63, 3.8) is 0 Å². The van der Waals surface area contributed by atoms with E-state index < -0.39 is 0 Å². The fraction of sp³-hybridized carbons (Fsp3) is 0.550. The number of hydrogen-bond acceptors (Lipinski definition) is 4.